The Morgan fingerprint density at radius 1 is 1.17 bits per heavy atom. The number of likely N-dealkylation sites (tertiary alicyclic amines) is 1. The van der Waals surface area contributed by atoms with Crippen LogP contribution in [0, 0.1) is 5.82 Å². The number of benzene rings is 1. The fourth-order valence-corrected chi connectivity index (χ4v) is 3.52. The molecule has 6 heteroatoms. The first-order valence-electron chi connectivity index (χ1n) is 8.64. The van der Waals surface area contributed by atoms with E-state index in [-0.39, 0.29) is 18.3 Å². The Hall–Kier alpha value is -1.50. The Morgan fingerprint density at radius 3 is 2.83 bits per heavy atom. The highest BCUT2D eigenvalue weighted by molar-refractivity contribution is 5.86. The van der Waals surface area contributed by atoms with Crippen LogP contribution in [0.1, 0.15) is 24.8 Å². The molecule has 1 amide bonds. The molecule has 2 heterocycles. The average Bonchev–Trinajstić information content (AvgIpc) is 2.82. The van der Waals surface area contributed by atoms with E-state index in [2.05, 4.69) is 4.90 Å². The minimum absolute atomic E-state index is 0.205. The molecule has 2 aliphatic rings. The minimum atomic E-state index is -1.38. The lowest BCUT2D eigenvalue weighted by Crippen LogP contribution is -2.58. The van der Waals surface area contributed by atoms with Crippen molar-refractivity contribution in [3.05, 3.63) is 35.6 Å². The molecule has 0 aliphatic carbocycles. The minimum Gasteiger partial charge on any atom is -0.380 e. The molecule has 0 aromatic heterocycles. The number of β-amino-alcohol motifs (C(OH)–C–C–N with tert-alkyl or cyclic N) is 1. The predicted molar refractivity (Wildman–Crippen MR) is 87.9 cm³/mol. The van der Waals surface area contributed by atoms with Gasteiger partial charge in [0.05, 0.1) is 6.61 Å². The van der Waals surface area contributed by atoms with E-state index in [0.717, 1.165) is 32.5 Å². The summed E-state index contributed by atoms with van der Waals surface area (Å²) >= 11 is 0. The lowest BCUT2D eigenvalue weighted by molar-refractivity contribution is -0.160. The SMILES string of the molecule is O=C1N(Cc2ccccc2F)CCCC1(O)CN1CCCOCC1. The molecule has 1 aromatic rings. The van der Waals surface area contributed by atoms with E-state index in [0.29, 0.717) is 31.7 Å². The summed E-state index contributed by atoms with van der Waals surface area (Å²) in [4.78, 5) is 16.5. The normalized spacial score (nSPS) is 26.4. The van der Waals surface area contributed by atoms with Crippen molar-refractivity contribution in [2.24, 2.45) is 0 Å². The van der Waals surface area contributed by atoms with Gasteiger partial charge in [-0.15, -0.1) is 0 Å². The van der Waals surface area contributed by atoms with Crippen molar-refractivity contribution in [1.29, 1.82) is 0 Å². The molecule has 132 valence electrons. The van der Waals surface area contributed by atoms with Gasteiger partial charge in [-0.1, -0.05) is 18.2 Å². The quantitative estimate of drug-likeness (QED) is 0.903. The van der Waals surface area contributed by atoms with Gasteiger partial charge in [0, 0.05) is 44.9 Å². The smallest absolute Gasteiger partial charge is 0.256 e. The van der Waals surface area contributed by atoms with Crippen LogP contribution in [0.25, 0.3) is 0 Å². The van der Waals surface area contributed by atoms with Gasteiger partial charge in [-0.2, -0.15) is 0 Å². The van der Waals surface area contributed by atoms with Crippen molar-refractivity contribution < 1.29 is 19.0 Å². The van der Waals surface area contributed by atoms with E-state index in [1.807, 2.05) is 0 Å². The summed E-state index contributed by atoms with van der Waals surface area (Å²) in [5.41, 5.74) is -0.897. The number of amides is 1. The Morgan fingerprint density at radius 2 is 2.00 bits per heavy atom. The fourth-order valence-electron chi connectivity index (χ4n) is 3.52. The largest absolute Gasteiger partial charge is 0.380 e. The zero-order valence-corrected chi connectivity index (χ0v) is 13.9. The highest BCUT2D eigenvalue weighted by Crippen LogP contribution is 2.26. The molecule has 5 nitrogen and oxygen atoms in total. The van der Waals surface area contributed by atoms with E-state index in [1.165, 1.54) is 6.07 Å². The van der Waals surface area contributed by atoms with E-state index in [1.54, 1.807) is 23.1 Å². The van der Waals surface area contributed by atoms with Crippen molar-refractivity contribution >= 4 is 5.91 Å². The van der Waals surface area contributed by atoms with Crippen molar-refractivity contribution in [3.63, 3.8) is 0 Å². The van der Waals surface area contributed by atoms with Gasteiger partial charge in [-0.05, 0) is 25.3 Å². The number of carbonyl (C=O) groups excluding carboxylic acids is 1. The Labute approximate surface area is 142 Å². The van der Waals surface area contributed by atoms with Gasteiger partial charge >= 0.3 is 0 Å². The molecule has 0 radical (unpaired) electrons. The van der Waals surface area contributed by atoms with Gasteiger partial charge in [-0.25, -0.2) is 4.39 Å². The van der Waals surface area contributed by atoms with Crippen LogP contribution in [0.2, 0.25) is 0 Å². The Kier molecular flexibility index (Phi) is 5.48. The molecule has 0 saturated carbocycles. The highest BCUT2D eigenvalue weighted by Gasteiger charge is 2.43. The number of carbonyl (C=O) groups is 1. The van der Waals surface area contributed by atoms with Crippen LogP contribution in [0.3, 0.4) is 0 Å². The summed E-state index contributed by atoms with van der Waals surface area (Å²) in [5, 5.41) is 10.9. The molecule has 0 spiro atoms. The van der Waals surface area contributed by atoms with Crippen LogP contribution in [0.15, 0.2) is 24.3 Å². The first-order chi connectivity index (χ1) is 11.6. The third kappa shape index (κ3) is 3.94. The second kappa shape index (κ2) is 7.59. The molecule has 1 atom stereocenters. The highest BCUT2D eigenvalue weighted by atomic mass is 19.1. The summed E-state index contributed by atoms with van der Waals surface area (Å²) in [6, 6.07) is 6.47. The molecule has 1 aromatic carbocycles. The molecule has 2 aliphatic heterocycles. The number of aliphatic hydroxyl groups is 1. The first kappa shape index (κ1) is 17.3. The zero-order valence-electron chi connectivity index (χ0n) is 13.9. The molecule has 2 fully saturated rings. The Balaban J connectivity index is 1.68. The van der Waals surface area contributed by atoms with Gasteiger partial charge in [0.25, 0.3) is 5.91 Å². The maximum atomic E-state index is 13.9. The van der Waals surface area contributed by atoms with Gasteiger partial charge in [0.2, 0.25) is 0 Å². The number of hydrogen-bond acceptors (Lipinski definition) is 4. The van der Waals surface area contributed by atoms with Crippen molar-refractivity contribution in [1.82, 2.24) is 9.80 Å². The summed E-state index contributed by atoms with van der Waals surface area (Å²) < 4.78 is 19.3. The Bertz CT molecular complexity index is 575. The summed E-state index contributed by atoms with van der Waals surface area (Å²) in [5.74, 6) is -0.605. The van der Waals surface area contributed by atoms with Crippen LogP contribution in [0.5, 0.6) is 0 Å². The number of nitrogens with zero attached hydrogens (tertiary/aromatic N) is 2. The molecule has 1 unspecified atom stereocenters. The second-order valence-corrected chi connectivity index (χ2v) is 6.70. The van der Waals surface area contributed by atoms with E-state index in [4.69, 9.17) is 4.74 Å². The second-order valence-electron chi connectivity index (χ2n) is 6.70. The average molecular weight is 336 g/mol. The van der Waals surface area contributed by atoms with Gasteiger partial charge in [0.1, 0.15) is 5.82 Å². The zero-order chi connectivity index (χ0) is 17.0. The maximum Gasteiger partial charge on any atom is 0.256 e. The van der Waals surface area contributed by atoms with Gasteiger partial charge < -0.3 is 14.7 Å². The molecule has 0 bridgehead atoms. The van der Waals surface area contributed by atoms with E-state index < -0.39 is 5.60 Å². The lowest BCUT2D eigenvalue weighted by atomic mass is 9.90. The monoisotopic (exact) mass is 336 g/mol. The van der Waals surface area contributed by atoms with E-state index in [9.17, 15) is 14.3 Å². The van der Waals surface area contributed by atoms with Gasteiger partial charge in [-0.3, -0.25) is 9.69 Å². The molecule has 2 saturated heterocycles. The number of hydrogen-bond donors (Lipinski definition) is 1. The fraction of sp³-hybridized carbons (Fsp3) is 0.611. The van der Waals surface area contributed by atoms with Crippen LogP contribution in [-0.4, -0.2) is 65.8 Å². The third-order valence-corrected chi connectivity index (χ3v) is 4.82. The molecule has 3 rings (SSSR count). The van der Waals surface area contributed by atoms with Crippen molar-refractivity contribution in [2.45, 2.75) is 31.4 Å². The van der Waals surface area contributed by atoms with Crippen LogP contribution in [0.4, 0.5) is 4.39 Å². The topological polar surface area (TPSA) is 53.0 Å². The number of rotatable bonds is 4. The van der Waals surface area contributed by atoms with E-state index >= 15 is 0 Å². The maximum absolute atomic E-state index is 13.9. The predicted octanol–water partition coefficient (Wildman–Crippen LogP) is 1.40. The number of ether oxygens (including phenoxy) is 1. The molecule has 24 heavy (non-hydrogen) atoms. The molecular formula is C18H25FN2O3. The summed E-state index contributed by atoms with van der Waals surface area (Å²) in [6.07, 6.45) is 2.08. The van der Waals surface area contributed by atoms with Crippen molar-refractivity contribution in [3.8, 4) is 0 Å². The molecule has 1 N–H and O–H groups in total. The van der Waals surface area contributed by atoms with Crippen LogP contribution >= 0.6 is 0 Å². The number of piperidine rings is 1. The lowest BCUT2D eigenvalue weighted by Gasteiger charge is -2.40. The van der Waals surface area contributed by atoms with Crippen molar-refractivity contribution in [2.75, 3.05) is 39.4 Å². The standard InChI is InChI=1S/C18H25FN2O3/c19-16-6-2-1-5-15(16)13-21-9-3-7-18(23,17(21)22)14-20-8-4-11-24-12-10-20/h1-2,5-6,23H,3-4,7-14H2. The number of halogens is 1. The third-order valence-electron chi connectivity index (χ3n) is 4.82. The molecular weight excluding hydrogens is 311 g/mol. The van der Waals surface area contributed by atoms with Crippen LogP contribution < -0.4 is 0 Å². The summed E-state index contributed by atoms with van der Waals surface area (Å²) in [6.45, 7) is 3.98. The summed E-state index contributed by atoms with van der Waals surface area (Å²) in [7, 11) is 0. The first-order valence-corrected chi connectivity index (χ1v) is 8.64. The van der Waals surface area contributed by atoms with Crippen LogP contribution in [-0.2, 0) is 16.1 Å². The van der Waals surface area contributed by atoms with Gasteiger partial charge in [0.15, 0.2) is 5.60 Å².